The van der Waals surface area contributed by atoms with Gasteiger partial charge in [-0.05, 0) is 30.2 Å². The molecule has 6 heteroatoms. The van der Waals surface area contributed by atoms with Crippen molar-refractivity contribution in [2.75, 3.05) is 0 Å². The standard InChI is InChI=1S/C15H13Cl2N3O/c1-2-10-3-6-14(18-8-10)15(21)20-19-9-11-4-5-12(16)7-13(11)17/h3-9H,2H2,1H3,(H,20,21)/b19-9+. The van der Waals surface area contributed by atoms with Crippen molar-refractivity contribution in [2.45, 2.75) is 13.3 Å². The van der Waals surface area contributed by atoms with Gasteiger partial charge in [-0.25, -0.2) is 5.43 Å². The fourth-order valence-electron chi connectivity index (χ4n) is 1.59. The van der Waals surface area contributed by atoms with Gasteiger partial charge < -0.3 is 0 Å². The second kappa shape index (κ2) is 7.20. The predicted molar refractivity (Wildman–Crippen MR) is 85.1 cm³/mol. The Bertz CT molecular complexity index is 669. The van der Waals surface area contributed by atoms with Gasteiger partial charge in [0.2, 0.25) is 0 Å². The van der Waals surface area contributed by atoms with Crippen LogP contribution in [-0.4, -0.2) is 17.1 Å². The maximum absolute atomic E-state index is 11.8. The lowest BCUT2D eigenvalue weighted by Gasteiger charge is -2.01. The molecule has 1 amide bonds. The maximum Gasteiger partial charge on any atom is 0.289 e. The van der Waals surface area contributed by atoms with E-state index >= 15 is 0 Å². The molecule has 1 N–H and O–H groups in total. The molecule has 0 spiro atoms. The summed E-state index contributed by atoms with van der Waals surface area (Å²) in [5.74, 6) is -0.376. The number of pyridine rings is 1. The Morgan fingerprint density at radius 1 is 1.33 bits per heavy atom. The van der Waals surface area contributed by atoms with Gasteiger partial charge >= 0.3 is 0 Å². The summed E-state index contributed by atoms with van der Waals surface area (Å²) < 4.78 is 0. The number of rotatable bonds is 4. The zero-order chi connectivity index (χ0) is 15.2. The van der Waals surface area contributed by atoms with Gasteiger partial charge in [-0.15, -0.1) is 0 Å². The number of hydrogen-bond donors (Lipinski definition) is 1. The topological polar surface area (TPSA) is 54.4 Å². The van der Waals surface area contributed by atoms with E-state index in [2.05, 4.69) is 15.5 Å². The number of nitrogens with one attached hydrogen (secondary N) is 1. The van der Waals surface area contributed by atoms with E-state index in [1.165, 1.54) is 6.21 Å². The number of benzene rings is 1. The molecule has 1 aromatic carbocycles. The average molecular weight is 322 g/mol. The van der Waals surface area contributed by atoms with Crippen molar-refractivity contribution >= 4 is 35.3 Å². The van der Waals surface area contributed by atoms with Gasteiger partial charge in [-0.2, -0.15) is 5.10 Å². The Kier molecular flexibility index (Phi) is 5.31. The molecule has 4 nitrogen and oxygen atoms in total. The summed E-state index contributed by atoms with van der Waals surface area (Å²) in [4.78, 5) is 15.9. The number of carbonyl (C=O) groups excluding carboxylic acids is 1. The van der Waals surface area contributed by atoms with Gasteiger partial charge in [0.25, 0.3) is 5.91 Å². The molecule has 2 aromatic rings. The molecule has 0 radical (unpaired) electrons. The Morgan fingerprint density at radius 2 is 2.14 bits per heavy atom. The zero-order valence-corrected chi connectivity index (χ0v) is 12.8. The molecule has 21 heavy (non-hydrogen) atoms. The number of carbonyl (C=O) groups is 1. The van der Waals surface area contributed by atoms with Crippen LogP contribution in [0.25, 0.3) is 0 Å². The fourth-order valence-corrected chi connectivity index (χ4v) is 2.05. The first-order valence-electron chi connectivity index (χ1n) is 6.33. The number of aromatic nitrogens is 1. The molecular weight excluding hydrogens is 309 g/mol. The van der Waals surface area contributed by atoms with Crippen LogP contribution in [0, 0.1) is 0 Å². The third-order valence-corrected chi connectivity index (χ3v) is 3.36. The zero-order valence-electron chi connectivity index (χ0n) is 11.3. The summed E-state index contributed by atoms with van der Waals surface area (Å²) >= 11 is 11.8. The number of hydrogen-bond acceptors (Lipinski definition) is 3. The molecule has 0 saturated carbocycles. The Labute approximate surface area is 132 Å². The molecule has 0 unspecified atom stereocenters. The monoisotopic (exact) mass is 321 g/mol. The molecule has 0 aliphatic heterocycles. The molecule has 0 atom stereocenters. The van der Waals surface area contributed by atoms with E-state index in [4.69, 9.17) is 23.2 Å². The minimum atomic E-state index is -0.376. The fraction of sp³-hybridized carbons (Fsp3) is 0.133. The van der Waals surface area contributed by atoms with Crippen molar-refractivity contribution in [3.8, 4) is 0 Å². The number of hydrazone groups is 1. The van der Waals surface area contributed by atoms with Gasteiger partial charge in [-0.1, -0.05) is 42.3 Å². The van der Waals surface area contributed by atoms with Crippen LogP contribution in [0.2, 0.25) is 10.0 Å². The van der Waals surface area contributed by atoms with Crippen LogP contribution in [0.1, 0.15) is 28.5 Å². The molecule has 0 fully saturated rings. The van der Waals surface area contributed by atoms with Gasteiger partial charge in [0.15, 0.2) is 0 Å². The van der Waals surface area contributed by atoms with Gasteiger partial charge in [-0.3, -0.25) is 9.78 Å². The van der Waals surface area contributed by atoms with Crippen molar-refractivity contribution in [3.63, 3.8) is 0 Å². The molecule has 0 saturated heterocycles. The van der Waals surface area contributed by atoms with Crippen LogP contribution in [0.15, 0.2) is 41.6 Å². The second-order valence-electron chi connectivity index (χ2n) is 4.27. The molecule has 1 aromatic heterocycles. The van der Waals surface area contributed by atoms with Crippen LogP contribution in [-0.2, 0) is 6.42 Å². The highest BCUT2D eigenvalue weighted by Crippen LogP contribution is 2.19. The largest absolute Gasteiger partial charge is 0.289 e. The average Bonchev–Trinajstić information content (AvgIpc) is 2.49. The van der Waals surface area contributed by atoms with E-state index in [1.807, 2.05) is 13.0 Å². The summed E-state index contributed by atoms with van der Waals surface area (Å²) in [5, 5.41) is 4.87. The SMILES string of the molecule is CCc1ccc(C(=O)N/N=C/c2ccc(Cl)cc2Cl)nc1. The Hall–Kier alpha value is -1.91. The van der Waals surface area contributed by atoms with Crippen LogP contribution in [0.3, 0.4) is 0 Å². The smallest absolute Gasteiger partial charge is 0.266 e. The molecule has 0 aliphatic carbocycles. The predicted octanol–water partition coefficient (Wildman–Crippen LogP) is 3.71. The molecule has 1 heterocycles. The second-order valence-corrected chi connectivity index (χ2v) is 5.11. The van der Waals surface area contributed by atoms with Crippen LogP contribution in [0.4, 0.5) is 0 Å². The highest BCUT2D eigenvalue weighted by Gasteiger charge is 2.05. The van der Waals surface area contributed by atoms with Crippen LogP contribution >= 0.6 is 23.2 Å². The summed E-state index contributed by atoms with van der Waals surface area (Å²) in [6.07, 6.45) is 4.01. The first-order valence-corrected chi connectivity index (χ1v) is 7.09. The molecule has 0 aliphatic rings. The van der Waals surface area contributed by atoms with Crippen molar-refractivity contribution in [1.82, 2.24) is 10.4 Å². The van der Waals surface area contributed by atoms with E-state index in [1.54, 1.807) is 30.5 Å². The van der Waals surface area contributed by atoms with Gasteiger partial charge in [0.1, 0.15) is 5.69 Å². The van der Waals surface area contributed by atoms with Crippen molar-refractivity contribution in [1.29, 1.82) is 0 Å². The molecule has 108 valence electrons. The van der Waals surface area contributed by atoms with Gasteiger partial charge in [0, 0.05) is 16.8 Å². The number of aryl methyl sites for hydroxylation is 1. The highest BCUT2D eigenvalue weighted by atomic mass is 35.5. The van der Waals surface area contributed by atoms with E-state index in [0.29, 0.717) is 21.3 Å². The summed E-state index contributed by atoms with van der Waals surface area (Å²) in [6.45, 7) is 2.02. The molecule has 2 rings (SSSR count). The summed E-state index contributed by atoms with van der Waals surface area (Å²) in [6, 6.07) is 8.55. The minimum absolute atomic E-state index is 0.312. The van der Waals surface area contributed by atoms with Crippen molar-refractivity contribution < 1.29 is 4.79 Å². The number of nitrogens with zero attached hydrogens (tertiary/aromatic N) is 2. The summed E-state index contributed by atoms with van der Waals surface area (Å²) in [7, 11) is 0. The summed E-state index contributed by atoms with van der Waals surface area (Å²) in [5.41, 5.74) is 4.45. The van der Waals surface area contributed by atoms with E-state index in [0.717, 1.165) is 12.0 Å². The van der Waals surface area contributed by atoms with E-state index < -0.39 is 0 Å². The molecule has 0 bridgehead atoms. The Morgan fingerprint density at radius 3 is 2.76 bits per heavy atom. The lowest BCUT2D eigenvalue weighted by molar-refractivity contribution is 0.0950. The van der Waals surface area contributed by atoms with Crippen LogP contribution in [0.5, 0.6) is 0 Å². The first-order chi connectivity index (χ1) is 10.1. The third kappa shape index (κ3) is 4.28. The quantitative estimate of drug-likeness (QED) is 0.689. The first kappa shape index (κ1) is 15.5. The number of halogens is 2. The minimum Gasteiger partial charge on any atom is -0.266 e. The maximum atomic E-state index is 11.8. The lowest BCUT2D eigenvalue weighted by atomic mass is 10.2. The normalized spacial score (nSPS) is 10.8. The highest BCUT2D eigenvalue weighted by molar-refractivity contribution is 6.36. The van der Waals surface area contributed by atoms with Gasteiger partial charge in [0.05, 0.1) is 11.2 Å². The van der Waals surface area contributed by atoms with Crippen LogP contribution < -0.4 is 5.43 Å². The van der Waals surface area contributed by atoms with E-state index in [-0.39, 0.29) is 5.91 Å². The molecular formula is C15H13Cl2N3O. The third-order valence-electron chi connectivity index (χ3n) is 2.80. The van der Waals surface area contributed by atoms with E-state index in [9.17, 15) is 4.79 Å². The Balaban J connectivity index is 2.01. The van der Waals surface area contributed by atoms with Crippen molar-refractivity contribution in [3.05, 3.63) is 63.4 Å². The number of amides is 1. The van der Waals surface area contributed by atoms with Crippen molar-refractivity contribution in [2.24, 2.45) is 5.10 Å². The lowest BCUT2D eigenvalue weighted by Crippen LogP contribution is -2.19.